The lowest BCUT2D eigenvalue weighted by Crippen LogP contribution is -1.99. The van der Waals surface area contributed by atoms with E-state index >= 15 is 0 Å². The number of nitrogens with one attached hydrogen (secondary N) is 1. The highest BCUT2D eigenvalue weighted by Gasteiger charge is 2.04. The highest BCUT2D eigenvalue weighted by atomic mass is 35.5. The summed E-state index contributed by atoms with van der Waals surface area (Å²) in [6.45, 7) is -0.134. The van der Waals surface area contributed by atoms with Gasteiger partial charge in [0.25, 0.3) is 0 Å². The second kappa shape index (κ2) is 5.31. The van der Waals surface area contributed by atoms with E-state index in [-0.39, 0.29) is 6.61 Å². The summed E-state index contributed by atoms with van der Waals surface area (Å²) in [5, 5.41) is 13.1. The molecule has 0 spiro atoms. The number of anilines is 2. The summed E-state index contributed by atoms with van der Waals surface area (Å²) in [4.78, 5) is 7.87. The minimum atomic E-state index is -0.134. The van der Waals surface area contributed by atoms with Gasteiger partial charge < -0.3 is 10.4 Å². The second-order valence-corrected chi connectivity index (χ2v) is 4.12. The number of aromatic nitrogens is 2. The fourth-order valence-corrected chi connectivity index (χ4v) is 1.60. The van der Waals surface area contributed by atoms with Crippen molar-refractivity contribution in [2.75, 3.05) is 5.32 Å². The maximum absolute atomic E-state index is 9.13. The lowest BCUT2D eigenvalue weighted by atomic mass is 10.3. The Labute approximate surface area is 108 Å². The van der Waals surface area contributed by atoms with Crippen molar-refractivity contribution in [1.29, 1.82) is 0 Å². The van der Waals surface area contributed by atoms with E-state index in [2.05, 4.69) is 15.3 Å². The summed E-state index contributed by atoms with van der Waals surface area (Å²) >= 11 is 11.7. The van der Waals surface area contributed by atoms with Crippen LogP contribution in [0.1, 0.15) is 5.56 Å². The van der Waals surface area contributed by atoms with Crippen molar-refractivity contribution in [3.63, 3.8) is 0 Å². The van der Waals surface area contributed by atoms with E-state index in [4.69, 9.17) is 28.3 Å². The van der Waals surface area contributed by atoms with Gasteiger partial charge in [0, 0.05) is 17.4 Å². The summed E-state index contributed by atoms with van der Waals surface area (Å²) in [6.07, 6.45) is 2.95. The summed E-state index contributed by atoms with van der Waals surface area (Å²) in [5.41, 5.74) is 1.35. The van der Waals surface area contributed by atoms with Gasteiger partial charge in [0.1, 0.15) is 12.1 Å². The van der Waals surface area contributed by atoms with Crippen LogP contribution >= 0.6 is 23.2 Å². The molecule has 6 heteroatoms. The lowest BCUT2D eigenvalue weighted by molar-refractivity contribution is 0.281. The smallest absolute Gasteiger partial charge is 0.139 e. The number of hydrogen-bond acceptors (Lipinski definition) is 4. The molecule has 0 unspecified atom stereocenters. The maximum Gasteiger partial charge on any atom is 0.139 e. The molecule has 0 aliphatic carbocycles. The number of hydrogen-bond donors (Lipinski definition) is 2. The van der Waals surface area contributed by atoms with E-state index in [0.29, 0.717) is 21.4 Å². The van der Waals surface area contributed by atoms with Gasteiger partial charge >= 0.3 is 0 Å². The van der Waals surface area contributed by atoms with Gasteiger partial charge in [-0.3, -0.25) is 0 Å². The van der Waals surface area contributed by atoms with Gasteiger partial charge in [0.2, 0.25) is 0 Å². The molecule has 2 N–H and O–H groups in total. The van der Waals surface area contributed by atoms with Gasteiger partial charge in [-0.25, -0.2) is 9.97 Å². The van der Waals surface area contributed by atoms with Crippen molar-refractivity contribution in [2.45, 2.75) is 6.61 Å². The predicted molar refractivity (Wildman–Crippen MR) is 67.7 cm³/mol. The molecule has 0 fully saturated rings. The monoisotopic (exact) mass is 269 g/mol. The molecule has 2 aromatic rings. The van der Waals surface area contributed by atoms with E-state index in [9.17, 15) is 0 Å². The van der Waals surface area contributed by atoms with Gasteiger partial charge in [-0.2, -0.15) is 0 Å². The largest absolute Gasteiger partial charge is 0.391 e. The molecule has 0 radical (unpaired) electrons. The zero-order valence-corrected chi connectivity index (χ0v) is 10.2. The molecular formula is C11H9Cl2N3O. The Kier molecular flexibility index (Phi) is 3.78. The topological polar surface area (TPSA) is 58.0 Å². The number of halogens is 2. The molecule has 0 aliphatic heterocycles. The summed E-state index contributed by atoms with van der Waals surface area (Å²) in [6, 6.07) is 5.15. The van der Waals surface area contributed by atoms with Crippen molar-refractivity contribution in [3.8, 4) is 0 Å². The Morgan fingerprint density at radius 3 is 2.76 bits per heavy atom. The Morgan fingerprint density at radius 1 is 1.24 bits per heavy atom. The van der Waals surface area contributed by atoms with E-state index in [0.717, 1.165) is 5.69 Å². The minimum absolute atomic E-state index is 0.134. The highest BCUT2D eigenvalue weighted by Crippen LogP contribution is 2.27. The normalized spacial score (nSPS) is 10.3. The second-order valence-electron chi connectivity index (χ2n) is 3.31. The molecule has 0 aliphatic rings. The number of rotatable bonds is 3. The number of benzene rings is 1. The average molecular weight is 270 g/mol. The fourth-order valence-electron chi connectivity index (χ4n) is 1.30. The molecule has 2 rings (SSSR count). The van der Waals surface area contributed by atoms with Crippen molar-refractivity contribution in [1.82, 2.24) is 9.97 Å². The molecule has 1 aromatic carbocycles. The van der Waals surface area contributed by atoms with Crippen LogP contribution in [0.4, 0.5) is 11.5 Å². The van der Waals surface area contributed by atoms with Crippen LogP contribution in [0.15, 0.2) is 30.7 Å². The molecule has 4 nitrogen and oxygen atoms in total. The zero-order chi connectivity index (χ0) is 12.3. The molecule has 0 saturated heterocycles. The van der Waals surface area contributed by atoms with E-state index in [1.165, 1.54) is 6.33 Å². The van der Waals surface area contributed by atoms with Crippen LogP contribution < -0.4 is 5.32 Å². The molecule has 0 bridgehead atoms. The van der Waals surface area contributed by atoms with Gasteiger partial charge in [0.15, 0.2) is 0 Å². The van der Waals surface area contributed by atoms with Crippen LogP contribution in [0.25, 0.3) is 0 Å². The van der Waals surface area contributed by atoms with Gasteiger partial charge in [-0.1, -0.05) is 23.2 Å². The SMILES string of the molecule is OCc1cncnc1Nc1ccc(Cl)c(Cl)c1. The first kappa shape index (κ1) is 12.1. The summed E-state index contributed by atoms with van der Waals surface area (Å²) in [7, 11) is 0. The molecule has 1 aromatic heterocycles. The first-order valence-electron chi connectivity index (χ1n) is 4.82. The first-order valence-corrected chi connectivity index (χ1v) is 5.58. The van der Waals surface area contributed by atoms with Gasteiger partial charge in [-0.15, -0.1) is 0 Å². The minimum Gasteiger partial charge on any atom is -0.391 e. The fraction of sp³-hybridized carbons (Fsp3) is 0.0909. The molecule has 0 saturated carbocycles. The zero-order valence-electron chi connectivity index (χ0n) is 8.69. The van der Waals surface area contributed by atoms with Crippen LogP contribution in [-0.2, 0) is 6.61 Å². The predicted octanol–water partition coefficient (Wildman–Crippen LogP) is 3.02. The Morgan fingerprint density at radius 2 is 2.06 bits per heavy atom. The third-order valence-corrected chi connectivity index (χ3v) is 2.88. The summed E-state index contributed by atoms with van der Waals surface area (Å²) in [5.74, 6) is 0.542. The third-order valence-electron chi connectivity index (χ3n) is 2.14. The lowest BCUT2D eigenvalue weighted by Gasteiger charge is -2.09. The standard InChI is InChI=1S/C11H9Cl2N3O/c12-9-2-1-8(3-10(9)13)16-11-7(5-17)4-14-6-15-11/h1-4,6,17H,5H2,(H,14,15,16). The van der Waals surface area contributed by atoms with Crippen LogP contribution in [0.5, 0.6) is 0 Å². The number of nitrogens with zero attached hydrogens (tertiary/aromatic N) is 2. The molecule has 0 atom stereocenters. The highest BCUT2D eigenvalue weighted by molar-refractivity contribution is 6.42. The van der Waals surface area contributed by atoms with Crippen molar-refractivity contribution in [2.24, 2.45) is 0 Å². The Balaban J connectivity index is 2.28. The quantitative estimate of drug-likeness (QED) is 0.900. The molecule has 88 valence electrons. The van der Waals surface area contributed by atoms with Gasteiger partial charge in [0.05, 0.1) is 16.7 Å². The number of aliphatic hydroxyl groups is 1. The molecule has 1 heterocycles. The summed E-state index contributed by atoms with van der Waals surface area (Å²) < 4.78 is 0. The van der Waals surface area contributed by atoms with Crippen LogP contribution in [0, 0.1) is 0 Å². The molecule has 0 amide bonds. The first-order chi connectivity index (χ1) is 8.20. The van der Waals surface area contributed by atoms with Gasteiger partial charge in [-0.05, 0) is 18.2 Å². The van der Waals surface area contributed by atoms with Crippen molar-refractivity contribution < 1.29 is 5.11 Å². The average Bonchev–Trinajstić information content (AvgIpc) is 2.34. The van der Waals surface area contributed by atoms with Crippen LogP contribution in [0.2, 0.25) is 10.0 Å². The molecular weight excluding hydrogens is 261 g/mol. The third kappa shape index (κ3) is 2.85. The number of aliphatic hydroxyl groups excluding tert-OH is 1. The Bertz CT molecular complexity index is 534. The maximum atomic E-state index is 9.13. The van der Waals surface area contributed by atoms with Crippen LogP contribution in [0.3, 0.4) is 0 Å². The van der Waals surface area contributed by atoms with E-state index in [1.54, 1.807) is 24.4 Å². The Hall–Kier alpha value is -1.36. The van der Waals surface area contributed by atoms with E-state index in [1.807, 2.05) is 0 Å². The van der Waals surface area contributed by atoms with E-state index < -0.39 is 0 Å². The van der Waals surface area contributed by atoms with Crippen LogP contribution in [-0.4, -0.2) is 15.1 Å². The van der Waals surface area contributed by atoms with Crippen molar-refractivity contribution in [3.05, 3.63) is 46.3 Å². The van der Waals surface area contributed by atoms with Crippen molar-refractivity contribution >= 4 is 34.7 Å². The molecule has 17 heavy (non-hydrogen) atoms.